The monoisotopic (exact) mass is 479 g/mol. The van der Waals surface area contributed by atoms with Crippen LogP contribution in [0.4, 0.5) is 10.1 Å². The second-order valence-electron chi connectivity index (χ2n) is 7.29. The van der Waals surface area contributed by atoms with Gasteiger partial charge < -0.3 is 29.4 Å². The number of benzene rings is 3. The maximum Gasteiger partial charge on any atom is 0.248 e. The molecule has 0 spiro atoms. The molecule has 2 N–H and O–H groups in total. The van der Waals surface area contributed by atoms with Gasteiger partial charge in [0.1, 0.15) is 5.82 Å². The van der Waals surface area contributed by atoms with E-state index in [9.17, 15) is 14.3 Å². The lowest BCUT2D eigenvalue weighted by atomic mass is 10.1. The molecular weight excluding hydrogens is 453 g/mol. The van der Waals surface area contributed by atoms with Crippen molar-refractivity contribution in [1.82, 2.24) is 0 Å². The average molecular weight is 480 g/mol. The zero-order valence-electron chi connectivity index (χ0n) is 19.8. The number of ether oxygens (including phenoxy) is 4. The van der Waals surface area contributed by atoms with Gasteiger partial charge in [0, 0.05) is 6.08 Å². The Balaban J connectivity index is 1.86. The van der Waals surface area contributed by atoms with E-state index in [1.165, 1.54) is 52.7 Å². The molecule has 0 fully saturated rings. The van der Waals surface area contributed by atoms with Gasteiger partial charge in [-0.2, -0.15) is 0 Å². The number of carbonyl (C=O) groups is 1. The van der Waals surface area contributed by atoms with Crippen LogP contribution in [-0.2, 0) is 4.79 Å². The average Bonchev–Trinajstić information content (AvgIpc) is 2.87. The van der Waals surface area contributed by atoms with E-state index in [1.807, 2.05) is 6.08 Å². The number of phenols is 1. The number of rotatable bonds is 9. The van der Waals surface area contributed by atoms with Crippen molar-refractivity contribution in [2.75, 3.05) is 33.8 Å². The van der Waals surface area contributed by atoms with E-state index in [0.29, 0.717) is 28.4 Å². The molecule has 0 aliphatic carbocycles. The number of methoxy groups -OCH3 is 4. The summed E-state index contributed by atoms with van der Waals surface area (Å²) in [4.78, 5) is 12.4. The van der Waals surface area contributed by atoms with Crippen LogP contribution in [0.25, 0.3) is 18.2 Å². The van der Waals surface area contributed by atoms with E-state index < -0.39 is 5.91 Å². The van der Waals surface area contributed by atoms with Gasteiger partial charge in [0.15, 0.2) is 23.0 Å². The molecule has 1 amide bonds. The summed E-state index contributed by atoms with van der Waals surface area (Å²) in [6, 6.07) is 12.5. The fraction of sp³-hybridized carbons (Fsp3) is 0.148. The fourth-order valence-electron chi connectivity index (χ4n) is 3.29. The van der Waals surface area contributed by atoms with E-state index >= 15 is 0 Å². The Morgan fingerprint density at radius 1 is 0.771 bits per heavy atom. The quantitative estimate of drug-likeness (QED) is 0.243. The smallest absolute Gasteiger partial charge is 0.248 e. The molecule has 0 saturated heterocycles. The first-order valence-electron chi connectivity index (χ1n) is 10.5. The number of halogens is 1. The number of carbonyl (C=O) groups excluding carboxylic acids is 1. The minimum atomic E-state index is -0.475. The number of hydrogen-bond acceptors (Lipinski definition) is 6. The van der Waals surface area contributed by atoms with Gasteiger partial charge in [-0.15, -0.1) is 0 Å². The van der Waals surface area contributed by atoms with Gasteiger partial charge in [-0.3, -0.25) is 4.79 Å². The lowest BCUT2D eigenvalue weighted by Gasteiger charge is -2.13. The lowest BCUT2D eigenvalue weighted by molar-refractivity contribution is -0.111. The molecule has 0 aliphatic rings. The van der Waals surface area contributed by atoms with E-state index in [2.05, 4.69) is 5.32 Å². The molecule has 0 unspecified atom stereocenters. The number of aromatic hydroxyl groups is 1. The van der Waals surface area contributed by atoms with Crippen LogP contribution >= 0.6 is 0 Å². The number of nitrogens with one attached hydrogen (secondary N) is 1. The summed E-state index contributed by atoms with van der Waals surface area (Å²) in [7, 11) is 6.02. The Labute approximate surface area is 203 Å². The summed E-state index contributed by atoms with van der Waals surface area (Å²) in [6.07, 6.45) is 6.43. The number of hydrogen-bond donors (Lipinski definition) is 2. The number of amides is 1. The van der Waals surface area contributed by atoms with Gasteiger partial charge in [-0.05, 0) is 59.2 Å². The molecule has 0 aromatic heterocycles. The summed E-state index contributed by atoms with van der Waals surface area (Å²) in [5, 5.41) is 13.1. The highest BCUT2D eigenvalue weighted by Gasteiger charge is 2.13. The van der Waals surface area contributed by atoms with Crippen LogP contribution in [0.15, 0.2) is 54.6 Å². The third kappa shape index (κ3) is 6.32. The predicted molar refractivity (Wildman–Crippen MR) is 134 cm³/mol. The SMILES string of the molecule is COc1cc(C=Cc2cc(OC)c(OC)c(OC)c2)cc(NC(=O)/C=C/c2ccc(F)cc2)c1O. The second kappa shape index (κ2) is 11.6. The first-order valence-corrected chi connectivity index (χ1v) is 10.5. The fourth-order valence-corrected chi connectivity index (χ4v) is 3.29. The first kappa shape index (κ1) is 25.2. The zero-order chi connectivity index (χ0) is 25.4. The minimum absolute atomic E-state index is 0.169. The summed E-state index contributed by atoms with van der Waals surface area (Å²) >= 11 is 0. The van der Waals surface area contributed by atoms with Gasteiger partial charge >= 0.3 is 0 Å². The van der Waals surface area contributed by atoms with Gasteiger partial charge in [-0.1, -0.05) is 24.3 Å². The van der Waals surface area contributed by atoms with E-state index in [1.54, 1.807) is 42.5 Å². The Kier molecular flexibility index (Phi) is 8.34. The van der Waals surface area contributed by atoms with Crippen molar-refractivity contribution in [2.24, 2.45) is 0 Å². The maximum absolute atomic E-state index is 13.0. The molecule has 0 radical (unpaired) electrons. The highest BCUT2D eigenvalue weighted by atomic mass is 19.1. The van der Waals surface area contributed by atoms with Crippen LogP contribution in [-0.4, -0.2) is 39.5 Å². The van der Waals surface area contributed by atoms with Gasteiger partial charge in [-0.25, -0.2) is 4.39 Å². The summed E-state index contributed by atoms with van der Waals surface area (Å²) < 4.78 is 34.4. The Bertz CT molecular complexity index is 1230. The minimum Gasteiger partial charge on any atom is -0.503 e. The van der Waals surface area contributed by atoms with E-state index in [4.69, 9.17) is 18.9 Å². The van der Waals surface area contributed by atoms with Gasteiger partial charge in [0.2, 0.25) is 11.7 Å². The highest BCUT2D eigenvalue weighted by molar-refractivity contribution is 6.03. The standard InChI is InChI=1S/C27H26FNO6/c1-32-22-14-18(5-6-19-15-23(33-2)27(35-4)24(16-19)34-3)13-21(26(22)31)29-25(30)12-9-17-7-10-20(28)11-8-17/h5-16,31H,1-4H3,(H,29,30)/b6-5?,12-9+. The Hall–Kier alpha value is -4.46. The van der Waals surface area contributed by atoms with Crippen LogP contribution in [0.2, 0.25) is 0 Å². The van der Waals surface area contributed by atoms with Crippen LogP contribution in [0.1, 0.15) is 16.7 Å². The van der Waals surface area contributed by atoms with Gasteiger partial charge in [0.25, 0.3) is 0 Å². The highest BCUT2D eigenvalue weighted by Crippen LogP contribution is 2.39. The lowest BCUT2D eigenvalue weighted by Crippen LogP contribution is -2.08. The molecule has 0 heterocycles. The summed E-state index contributed by atoms with van der Waals surface area (Å²) in [5.74, 6) is 0.650. The van der Waals surface area contributed by atoms with Crippen LogP contribution < -0.4 is 24.3 Å². The normalized spacial score (nSPS) is 11.0. The maximum atomic E-state index is 13.0. The third-order valence-electron chi connectivity index (χ3n) is 5.03. The number of phenolic OH excluding ortho intramolecular Hbond substituents is 1. The molecule has 3 rings (SSSR count). The zero-order valence-corrected chi connectivity index (χ0v) is 19.8. The van der Waals surface area contributed by atoms with Crippen molar-refractivity contribution in [3.8, 4) is 28.7 Å². The molecule has 35 heavy (non-hydrogen) atoms. The van der Waals surface area contributed by atoms with Crippen molar-refractivity contribution >= 4 is 29.8 Å². The van der Waals surface area contributed by atoms with Crippen molar-refractivity contribution in [3.63, 3.8) is 0 Å². The van der Waals surface area contributed by atoms with Crippen molar-refractivity contribution in [3.05, 3.63) is 77.1 Å². The molecule has 182 valence electrons. The van der Waals surface area contributed by atoms with Gasteiger partial charge in [0.05, 0.1) is 34.1 Å². The third-order valence-corrected chi connectivity index (χ3v) is 5.03. The van der Waals surface area contributed by atoms with Crippen LogP contribution in [0.3, 0.4) is 0 Å². The van der Waals surface area contributed by atoms with Crippen molar-refractivity contribution in [2.45, 2.75) is 0 Å². The largest absolute Gasteiger partial charge is 0.503 e. The first-order chi connectivity index (χ1) is 16.9. The molecule has 0 bridgehead atoms. The Morgan fingerprint density at radius 2 is 1.31 bits per heavy atom. The molecule has 7 nitrogen and oxygen atoms in total. The van der Waals surface area contributed by atoms with Crippen LogP contribution in [0.5, 0.6) is 28.7 Å². The van der Waals surface area contributed by atoms with Crippen LogP contribution in [0, 0.1) is 5.82 Å². The number of anilines is 1. The molecule has 0 saturated carbocycles. The molecule has 0 aliphatic heterocycles. The molecular formula is C27H26FNO6. The molecule has 8 heteroatoms. The Morgan fingerprint density at radius 3 is 1.86 bits per heavy atom. The van der Waals surface area contributed by atoms with E-state index in [-0.39, 0.29) is 23.0 Å². The second-order valence-corrected chi connectivity index (χ2v) is 7.29. The van der Waals surface area contributed by atoms with Crippen molar-refractivity contribution in [1.29, 1.82) is 0 Å². The summed E-state index contributed by atoms with van der Waals surface area (Å²) in [5.41, 5.74) is 2.26. The predicted octanol–water partition coefficient (Wildman–Crippen LogP) is 5.39. The molecule has 3 aromatic rings. The topological polar surface area (TPSA) is 86.3 Å². The van der Waals surface area contributed by atoms with E-state index in [0.717, 1.165) is 5.56 Å². The summed E-state index contributed by atoms with van der Waals surface area (Å²) in [6.45, 7) is 0. The van der Waals surface area contributed by atoms with Crippen molar-refractivity contribution < 1.29 is 33.2 Å². The molecule has 3 aromatic carbocycles. The molecule has 0 atom stereocenters.